The fourth-order valence-corrected chi connectivity index (χ4v) is 3.02. The zero-order valence-corrected chi connectivity index (χ0v) is 15.2. The lowest BCUT2D eigenvalue weighted by Gasteiger charge is -2.25. The van der Waals surface area contributed by atoms with Crippen LogP contribution in [-0.2, 0) is 11.3 Å². The second kappa shape index (κ2) is 8.29. The molecule has 1 aromatic heterocycles. The third-order valence-electron chi connectivity index (χ3n) is 4.20. The van der Waals surface area contributed by atoms with Gasteiger partial charge in [0.05, 0.1) is 17.4 Å². The molecule has 0 aliphatic carbocycles. The molecule has 0 radical (unpaired) electrons. The highest BCUT2D eigenvalue weighted by Gasteiger charge is 2.22. The predicted octanol–water partition coefficient (Wildman–Crippen LogP) is 3.75. The van der Waals surface area contributed by atoms with E-state index < -0.39 is 0 Å². The summed E-state index contributed by atoms with van der Waals surface area (Å²) < 4.78 is 0. The molecule has 1 aromatic carbocycles. The van der Waals surface area contributed by atoms with Gasteiger partial charge in [0.15, 0.2) is 0 Å². The minimum atomic E-state index is -0.210. The monoisotopic (exact) mass is 349 g/mol. The lowest BCUT2D eigenvalue weighted by Crippen LogP contribution is -2.37. The van der Waals surface area contributed by atoms with Crippen molar-refractivity contribution >= 4 is 28.4 Å². The Morgan fingerprint density at radius 2 is 2.00 bits per heavy atom. The maximum absolute atomic E-state index is 12.7. The zero-order valence-electron chi connectivity index (χ0n) is 14.4. The molecule has 0 bridgehead atoms. The van der Waals surface area contributed by atoms with Crippen LogP contribution in [0, 0.1) is 5.92 Å². The first-order valence-corrected chi connectivity index (χ1v) is 8.85. The van der Waals surface area contributed by atoms with Gasteiger partial charge in [0.25, 0.3) is 5.56 Å². The number of benzene rings is 1. The number of amides is 1. The molecule has 2 rings (SSSR count). The van der Waals surface area contributed by atoms with E-state index in [-0.39, 0.29) is 17.4 Å². The molecule has 0 atom stereocenters. The summed E-state index contributed by atoms with van der Waals surface area (Å²) in [6.07, 6.45) is 2.48. The number of rotatable bonds is 7. The molecule has 24 heavy (non-hydrogen) atoms. The number of aromatic amines is 1. The molecule has 0 spiro atoms. The SMILES string of the molecule is CCCN(Cc1nc2cc(Cl)ccc2c(=O)[nH]1)C(=O)C(CC)CC. The minimum absolute atomic E-state index is 0.0122. The molecule has 1 N–H and O–H groups in total. The molecule has 6 heteroatoms. The maximum atomic E-state index is 12.7. The van der Waals surface area contributed by atoms with Crippen LogP contribution in [0.4, 0.5) is 0 Å². The Balaban J connectivity index is 2.33. The van der Waals surface area contributed by atoms with E-state index in [1.165, 1.54) is 0 Å². The lowest BCUT2D eigenvalue weighted by atomic mass is 10.0. The van der Waals surface area contributed by atoms with Gasteiger partial charge in [-0.1, -0.05) is 32.4 Å². The predicted molar refractivity (Wildman–Crippen MR) is 97.2 cm³/mol. The quantitative estimate of drug-likeness (QED) is 0.827. The first-order valence-electron chi connectivity index (χ1n) is 8.47. The average Bonchev–Trinajstić information content (AvgIpc) is 2.55. The van der Waals surface area contributed by atoms with Crippen LogP contribution in [0.2, 0.25) is 5.02 Å². The van der Waals surface area contributed by atoms with Gasteiger partial charge in [-0.2, -0.15) is 0 Å². The highest BCUT2D eigenvalue weighted by molar-refractivity contribution is 6.31. The summed E-state index contributed by atoms with van der Waals surface area (Å²) in [4.78, 5) is 34.0. The third-order valence-corrected chi connectivity index (χ3v) is 4.43. The highest BCUT2D eigenvalue weighted by atomic mass is 35.5. The van der Waals surface area contributed by atoms with Crippen molar-refractivity contribution in [3.63, 3.8) is 0 Å². The van der Waals surface area contributed by atoms with E-state index in [2.05, 4.69) is 9.97 Å². The topological polar surface area (TPSA) is 66.1 Å². The van der Waals surface area contributed by atoms with E-state index in [0.717, 1.165) is 19.3 Å². The summed E-state index contributed by atoms with van der Waals surface area (Å²) in [5, 5.41) is 1.03. The number of hydrogen-bond acceptors (Lipinski definition) is 3. The first-order chi connectivity index (χ1) is 11.5. The molecule has 130 valence electrons. The number of nitrogens with zero attached hydrogens (tertiary/aromatic N) is 2. The van der Waals surface area contributed by atoms with Crippen LogP contribution in [0.15, 0.2) is 23.0 Å². The number of hydrogen-bond donors (Lipinski definition) is 1. The minimum Gasteiger partial charge on any atom is -0.335 e. The number of nitrogens with one attached hydrogen (secondary N) is 1. The van der Waals surface area contributed by atoms with Crippen molar-refractivity contribution in [1.29, 1.82) is 0 Å². The Kier molecular flexibility index (Phi) is 6.37. The Labute approximate surface area is 147 Å². The van der Waals surface area contributed by atoms with E-state index in [1.807, 2.05) is 20.8 Å². The smallest absolute Gasteiger partial charge is 0.258 e. The molecule has 5 nitrogen and oxygen atoms in total. The van der Waals surface area contributed by atoms with Crippen LogP contribution < -0.4 is 5.56 Å². The summed E-state index contributed by atoms with van der Waals surface area (Å²) in [6, 6.07) is 5.00. The zero-order chi connectivity index (χ0) is 17.7. The Bertz CT molecular complexity index is 768. The highest BCUT2D eigenvalue weighted by Crippen LogP contribution is 2.17. The number of fused-ring (bicyclic) bond motifs is 1. The second-order valence-corrected chi connectivity index (χ2v) is 6.38. The van der Waals surface area contributed by atoms with E-state index in [4.69, 9.17) is 11.6 Å². The summed E-state index contributed by atoms with van der Waals surface area (Å²) in [6.45, 7) is 7.03. The number of carbonyl (C=O) groups excluding carboxylic acids is 1. The van der Waals surface area contributed by atoms with Gasteiger partial charge >= 0.3 is 0 Å². The van der Waals surface area contributed by atoms with Crippen molar-refractivity contribution in [2.45, 2.75) is 46.6 Å². The van der Waals surface area contributed by atoms with Crippen molar-refractivity contribution in [2.24, 2.45) is 5.92 Å². The fourth-order valence-electron chi connectivity index (χ4n) is 2.85. The van der Waals surface area contributed by atoms with Crippen LogP contribution in [0.5, 0.6) is 0 Å². The second-order valence-electron chi connectivity index (χ2n) is 5.95. The maximum Gasteiger partial charge on any atom is 0.258 e. The third kappa shape index (κ3) is 4.15. The fraction of sp³-hybridized carbons (Fsp3) is 0.500. The molecular weight excluding hydrogens is 326 g/mol. The van der Waals surface area contributed by atoms with Gasteiger partial charge in [0.1, 0.15) is 5.82 Å². The molecular formula is C18H24ClN3O2. The van der Waals surface area contributed by atoms with E-state index >= 15 is 0 Å². The molecule has 0 unspecified atom stereocenters. The van der Waals surface area contributed by atoms with Crippen molar-refractivity contribution < 1.29 is 4.79 Å². The van der Waals surface area contributed by atoms with Gasteiger partial charge in [0, 0.05) is 17.5 Å². The van der Waals surface area contributed by atoms with Crippen molar-refractivity contribution in [1.82, 2.24) is 14.9 Å². The molecule has 2 aromatic rings. The van der Waals surface area contributed by atoms with Gasteiger partial charge in [-0.3, -0.25) is 9.59 Å². The molecule has 0 saturated carbocycles. The normalized spacial score (nSPS) is 11.2. The van der Waals surface area contributed by atoms with Gasteiger partial charge in [0.2, 0.25) is 5.91 Å². The Hall–Kier alpha value is -1.88. The van der Waals surface area contributed by atoms with Gasteiger partial charge in [-0.05, 0) is 37.5 Å². The number of halogens is 1. The van der Waals surface area contributed by atoms with Gasteiger partial charge in [-0.15, -0.1) is 0 Å². The van der Waals surface area contributed by atoms with Gasteiger partial charge < -0.3 is 9.88 Å². The summed E-state index contributed by atoms with van der Waals surface area (Å²) in [5.74, 6) is 0.622. The lowest BCUT2D eigenvalue weighted by molar-refractivity contribution is -0.136. The molecule has 0 saturated heterocycles. The molecule has 1 heterocycles. The molecule has 1 amide bonds. The van der Waals surface area contributed by atoms with Crippen molar-refractivity contribution in [3.8, 4) is 0 Å². The Morgan fingerprint density at radius 3 is 2.62 bits per heavy atom. The average molecular weight is 350 g/mol. The molecule has 0 fully saturated rings. The summed E-state index contributed by atoms with van der Waals surface area (Å²) in [7, 11) is 0. The summed E-state index contributed by atoms with van der Waals surface area (Å²) >= 11 is 5.99. The van der Waals surface area contributed by atoms with Crippen LogP contribution >= 0.6 is 11.6 Å². The van der Waals surface area contributed by atoms with Gasteiger partial charge in [-0.25, -0.2) is 4.98 Å². The van der Waals surface area contributed by atoms with E-state index in [9.17, 15) is 9.59 Å². The van der Waals surface area contributed by atoms with Crippen molar-refractivity contribution in [2.75, 3.05) is 6.54 Å². The van der Waals surface area contributed by atoms with E-state index in [0.29, 0.717) is 34.8 Å². The largest absolute Gasteiger partial charge is 0.335 e. The van der Waals surface area contributed by atoms with E-state index in [1.54, 1.807) is 23.1 Å². The summed E-state index contributed by atoms with van der Waals surface area (Å²) in [5.41, 5.74) is 0.339. The van der Waals surface area contributed by atoms with Crippen LogP contribution in [0.3, 0.4) is 0 Å². The standard InChI is InChI=1S/C18H24ClN3O2/c1-4-9-22(18(24)12(5-2)6-3)11-16-20-15-10-13(19)7-8-14(15)17(23)21-16/h7-8,10,12H,4-6,9,11H2,1-3H3,(H,20,21,23). The van der Waals surface area contributed by atoms with Crippen LogP contribution in [-0.4, -0.2) is 27.3 Å². The first kappa shape index (κ1) is 18.5. The number of H-pyrrole nitrogens is 1. The van der Waals surface area contributed by atoms with Crippen molar-refractivity contribution in [3.05, 3.63) is 39.4 Å². The molecule has 0 aliphatic heterocycles. The number of carbonyl (C=O) groups is 1. The van der Waals surface area contributed by atoms with Crippen LogP contribution in [0.25, 0.3) is 10.9 Å². The molecule has 0 aliphatic rings. The van der Waals surface area contributed by atoms with Crippen LogP contribution in [0.1, 0.15) is 45.9 Å². The Morgan fingerprint density at radius 1 is 1.29 bits per heavy atom. The number of aromatic nitrogens is 2.